The third kappa shape index (κ3) is 13.8. The van der Waals surface area contributed by atoms with Gasteiger partial charge in [-0.15, -0.1) is 0 Å². The number of hydrogen-bond donors (Lipinski definition) is 1. The van der Waals surface area contributed by atoms with Crippen LogP contribution in [0.15, 0.2) is 115 Å². The quantitative estimate of drug-likeness (QED) is 0.0513. The number of unbranched alkanes of at least 4 members (excludes halogenated alkanes) is 7. The summed E-state index contributed by atoms with van der Waals surface area (Å²) in [6.07, 6.45) is 14.8. The summed E-state index contributed by atoms with van der Waals surface area (Å²) >= 11 is 0. The molecule has 7 nitrogen and oxygen atoms in total. The number of methoxy groups -OCH3 is 2. The Morgan fingerprint density at radius 1 is 0.673 bits per heavy atom. The number of amides is 1. The third-order valence-corrected chi connectivity index (χ3v) is 12.7. The first-order valence-electron chi connectivity index (χ1n) is 16.8. The summed E-state index contributed by atoms with van der Waals surface area (Å²) in [5.74, 6) is 1.25. The highest BCUT2D eigenvalue weighted by atomic mass is 32.2. The highest BCUT2D eigenvalue weighted by Gasteiger charge is 2.44. The molecule has 9 heteroatoms. The summed E-state index contributed by atoms with van der Waals surface area (Å²) in [5, 5.41) is 7.42. The van der Waals surface area contributed by atoms with Crippen molar-refractivity contribution in [3.63, 3.8) is 0 Å². The molecule has 0 bridgehead atoms. The molecule has 0 aliphatic carbocycles. The zero-order valence-corrected chi connectivity index (χ0v) is 30.6. The lowest BCUT2D eigenvalue weighted by Crippen LogP contribution is -2.33. The Kier molecular flexibility index (Phi) is 17.1. The van der Waals surface area contributed by atoms with Gasteiger partial charge >= 0.3 is 0 Å². The van der Waals surface area contributed by atoms with E-state index in [0.717, 1.165) is 18.4 Å². The van der Waals surface area contributed by atoms with Crippen molar-refractivity contribution >= 4 is 45.3 Å². The second-order valence-corrected chi connectivity index (χ2v) is 16.8. The minimum atomic E-state index is -3.92. The van der Waals surface area contributed by atoms with Gasteiger partial charge in [0.1, 0.15) is 23.2 Å². The monoisotopic (exact) mass is 703 g/mol. The first kappa shape index (κ1) is 39.5. The van der Waals surface area contributed by atoms with Crippen molar-refractivity contribution in [2.75, 3.05) is 33.2 Å². The van der Waals surface area contributed by atoms with Crippen LogP contribution in [0.1, 0.15) is 56.9 Å². The molecule has 0 heterocycles. The van der Waals surface area contributed by atoms with Gasteiger partial charge in [-0.1, -0.05) is 92.8 Å². The maximum atomic E-state index is 12.2. The first-order valence-corrected chi connectivity index (χ1v) is 20.6. The summed E-state index contributed by atoms with van der Waals surface area (Å²) in [7, 11) is -2.42. The molecule has 4 aromatic carbocycles. The Morgan fingerprint density at radius 3 is 1.55 bits per heavy atom. The van der Waals surface area contributed by atoms with E-state index in [1.165, 1.54) is 60.6 Å². The van der Waals surface area contributed by atoms with E-state index in [1.807, 2.05) is 18.2 Å². The van der Waals surface area contributed by atoms with E-state index < -0.39 is 17.4 Å². The Morgan fingerprint density at radius 2 is 1.10 bits per heavy atom. The maximum absolute atomic E-state index is 12.2. The van der Waals surface area contributed by atoms with Gasteiger partial charge in [0.25, 0.3) is 0 Å². The van der Waals surface area contributed by atoms with Crippen LogP contribution in [0.2, 0.25) is 0 Å². The van der Waals surface area contributed by atoms with Crippen molar-refractivity contribution in [2.24, 2.45) is 0 Å². The second-order valence-electron chi connectivity index (χ2n) is 11.8. The van der Waals surface area contributed by atoms with Crippen molar-refractivity contribution in [1.82, 2.24) is 5.32 Å². The van der Waals surface area contributed by atoms with Gasteiger partial charge in [0, 0.05) is 18.9 Å². The summed E-state index contributed by atoms with van der Waals surface area (Å²) in [6.45, 7) is 0.708. The van der Waals surface area contributed by atoms with Crippen LogP contribution in [0.5, 0.6) is 11.5 Å². The van der Waals surface area contributed by atoms with Gasteiger partial charge in [-0.05, 0) is 79.4 Å². The molecule has 1 N–H and O–H groups in total. The molecule has 262 valence electrons. The van der Waals surface area contributed by atoms with Crippen molar-refractivity contribution < 1.29 is 27.2 Å². The van der Waals surface area contributed by atoms with Crippen LogP contribution < -0.4 is 30.7 Å². The zero-order valence-electron chi connectivity index (χ0n) is 28.9. The van der Waals surface area contributed by atoms with Gasteiger partial charge < -0.3 is 19.3 Å². The molecule has 0 spiro atoms. The average molecular weight is 704 g/mol. The van der Waals surface area contributed by atoms with Gasteiger partial charge in [0.05, 0.1) is 30.5 Å². The van der Waals surface area contributed by atoms with Crippen molar-refractivity contribution in [3.8, 4) is 11.5 Å². The molecule has 0 unspecified atom stereocenters. The van der Waals surface area contributed by atoms with E-state index >= 15 is 0 Å². The van der Waals surface area contributed by atoms with Gasteiger partial charge in [-0.3, -0.25) is 4.79 Å². The number of hydrogen-bond acceptors (Lipinski definition) is 6. The molecule has 49 heavy (non-hydrogen) atoms. The second kappa shape index (κ2) is 21.2. The fourth-order valence-corrected chi connectivity index (χ4v) is 10.2. The van der Waals surface area contributed by atoms with E-state index in [1.54, 1.807) is 26.4 Å². The molecule has 0 aliphatic rings. The highest BCUT2D eigenvalue weighted by molar-refractivity contribution is 7.95. The fraction of sp³-hybridized carbons (Fsp3) is 0.325. The molecule has 0 saturated heterocycles. The lowest BCUT2D eigenvalue weighted by molar-refractivity contribution is -0.116. The SMILES string of the molecule is COc1ccc(/C=C/C(=O)NCCCCCCCCCC[P+](c2ccccc2)(c2ccccc2)c2ccccc2)cc1OC.CS(=O)(=O)[O-]. The molecule has 1 amide bonds. The average Bonchev–Trinajstić information content (AvgIpc) is 3.11. The number of carbonyl (C=O) groups excluding carboxylic acids is 1. The lowest BCUT2D eigenvalue weighted by atomic mass is 10.1. The largest absolute Gasteiger partial charge is 0.748 e. The number of nitrogens with one attached hydrogen (secondary N) is 1. The standard InChI is InChI=1S/C39H46NO3P.CH4O3S/c1-42-37-28-26-33(32-38(37)43-2)27-29-39(41)40-30-18-7-5-3-4-6-8-19-31-44(34-20-12-9-13-21-34,35-22-14-10-15-23-35)36-24-16-11-17-25-36;1-5(2,3)4/h9-17,20-29,32H,3-8,18-19,30-31H2,1-2H3;1H3,(H,2,3,4)/b29-27+;. The molecule has 0 aromatic heterocycles. The molecular weight excluding hydrogens is 653 g/mol. The number of ether oxygens (including phenoxy) is 2. The van der Waals surface area contributed by atoms with Crippen LogP contribution in [0, 0.1) is 0 Å². The molecule has 0 fully saturated rings. The van der Waals surface area contributed by atoms with Crippen LogP contribution in [0.3, 0.4) is 0 Å². The Labute approximate surface area is 293 Å². The molecule has 0 atom stereocenters. The van der Waals surface area contributed by atoms with Crippen LogP contribution in [0.25, 0.3) is 6.08 Å². The fourth-order valence-electron chi connectivity index (χ4n) is 5.82. The summed E-state index contributed by atoms with van der Waals surface area (Å²) < 4.78 is 37.8. The van der Waals surface area contributed by atoms with Crippen LogP contribution in [-0.4, -0.2) is 52.1 Å². The van der Waals surface area contributed by atoms with Gasteiger partial charge in [0.15, 0.2) is 11.5 Å². The number of carbonyl (C=O) groups is 1. The van der Waals surface area contributed by atoms with E-state index in [2.05, 4.69) is 96.3 Å². The number of benzene rings is 4. The smallest absolute Gasteiger partial charge is 0.243 e. The highest BCUT2D eigenvalue weighted by Crippen LogP contribution is 2.56. The van der Waals surface area contributed by atoms with Crippen molar-refractivity contribution in [1.29, 1.82) is 0 Å². The van der Waals surface area contributed by atoms with Gasteiger partial charge in [0.2, 0.25) is 5.91 Å². The lowest BCUT2D eigenvalue weighted by Gasteiger charge is -2.27. The minimum Gasteiger partial charge on any atom is -0.748 e. The molecule has 4 rings (SSSR count). The third-order valence-electron chi connectivity index (χ3n) is 8.15. The van der Waals surface area contributed by atoms with E-state index in [4.69, 9.17) is 22.4 Å². The van der Waals surface area contributed by atoms with E-state index in [9.17, 15) is 4.79 Å². The van der Waals surface area contributed by atoms with Crippen LogP contribution >= 0.6 is 7.26 Å². The Balaban J connectivity index is 0.00000121. The van der Waals surface area contributed by atoms with Crippen molar-refractivity contribution in [2.45, 2.75) is 51.4 Å². The minimum absolute atomic E-state index is 0.0693. The molecule has 4 aromatic rings. The van der Waals surface area contributed by atoms with E-state index in [0.29, 0.717) is 24.3 Å². The normalized spacial score (nSPS) is 11.4. The molecule has 0 aliphatic heterocycles. The predicted octanol–water partition coefficient (Wildman–Crippen LogP) is 7.11. The zero-order chi connectivity index (χ0) is 35.4. The molecular formula is C40H50NO6PS. The van der Waals surface area contributed by atoms with Gasteiger partial charge in [-0.25, -0.2) is 8.42 Å². The Hall–Kier alpha value is -3.97. The topological polar surface area (TPSA) is 105 Å². The molecule has 0 radical (unpaired) electrons. The summed E-state index contributed by atoms with van der Waals surface area (Å²) in [6, 6.07) is 39.2. The number of rotatable bonds is 18. The van der Waals surface area contributed by atoms with Gasteiger partial charge in [-0.2, -0.15) is 0 Å². The Bertz CT molecular complexity index is 1560. The van der Waals surface area contributed by atoms with E-state index in [-0.39, 0.29) is 5.91 Å². The predicted molar refractivity (Wildman–Crippen MR) is 204 cm³/mol. The summed E-state index contributed by atoms with van der Waals surface area (Å²) in [4.78, 5) is 12.2. The van der Waals surface area contributed by atoms with Crippen LogP contribution in [-0.2, 0) is 14.9 Å². The molecule has 0 saturated carbocycles. The van der Waals surface area contributed by atoms with Crippen LogP contribution in [0.4, 0.5) is 0 Å². The van der Waals surface area contributed by atoms with Crippen molar-refractivity contribution in [3.05, 3.63) is 121 Å². The summed E-state index contributed by atoms with van der Waals surface area (Å²) in [5.41, 5.74) is 0.894. The first-order chi connectivity index (χ1) is 23.7. The maximum Gasteiger partial charge on any atom is 0.243 e.